The van der Waals surface area contributed by atoms with Gasteiger partial charge in [0.2, 0.25) is 0 Å². The Bertz CT molecular complexity index is 3820. The molecule has 0 amide bonds. The summed E-state index contributed by atoms with van der Waals surface area (Å²) < 4.78 is 7.33. The van der Waals surface area contributed by atoms with E-state index in [0.29, 0.717) is 5.82 Å². The highest BCUT2D eigenvalue weighted by atomic mass is 15.0. The molecule has 0 aliphatic heterocycles. The summed E-state index contributed by atoms with van der Waals surface area (Å²) >= 11 is 0. The van der Waals surface area contributed by atoms with Crippen LogP contribution in [-0.4, -0.2) is 23.7 Å². The summed E-state index contributed by atoms with van der Waals surface area (Å²) in [6.45, 7) is 0. The third kappa shape index (κ3) is 5.43. The van der Waals surface area contributed by atoms with Crippen LogP contribution in [0.4, 0.5) is 0 Å². The van der Waals surface area contributed by atoms with Crippen LogP contribution in [-0.2, 0) is 0 Å². The molecule has 0 bridgehead atoms. The fourth-order valence-corrected chi connectivity index (χ4v) is 9.94. The van der Waals surface area contributed by atoms with Crippen molar-refractivity contribution in [2.24, 2.45) is 0 Å². The fourth-order valence-electron chi connectivity index (χ4n) is 9.94. The lowest BCUT2D eigenvalue weighted by Crippen LogP contribution is -1.99. The maximum atomic E-state index is 5.33. The van der Waals surface area contributed by atoms with Gasteiger partial charge in [-0.1, -0.05) is 164 Å². The Kier molecular flexibility index (Phi) is 7.84. The van der Waals surface area contributed by atoms with Crippen molar-refractivity contribution in [3.8, 4) is 51.0 Å². The van der Waals surface area contributed by atoms with E-state index >= 15 is 0 Å². The first-order chi connectivity index (χ1) is 31.3. The molecule has 0 aliphatic carbocycles. The summed E-state index contributed by atoms with van der Waals surface area (Å²) in [4.78, 5) is 10.5. The van der Waals surface area contributed by atoms with Gasteiger partial charge in [0.05, 0.1) is 44.5 Å². The summed E-state index contributed by atoms with van der Waals surface area (Å²) in [6, 6.07) is 80.2. The first-order valence-corrected chi connectivity index (χ1v) is 21.4. The Balaban J connectivity index is 1.12. The Morgan fingerprint density at radius 1 is 0.286 bits per heavy atom. The van der Waals surface area contributed by atoms with Gasteiger partial charge in [-0.3, -0.25) is 0 Å². The molecule has 4 aromatic heterocycles. The molecule has 63 heavy (non-hydrogen) atoms. The topological polar surface area (TPSA) is 40.6 Å². The van der Waals surface area contributed by atoms with Gasteiger partial charge >= 0.3 is 0 Å². The highest BCUT2D eigenvalue weighted by molar-refractivity contribution is 6.26. The lowest BCUT2D eigenvalue weighted by atomic mass is 10.0. The van der Waals surface area contributed by atoms with Crippen molar-refractivity contribution in [3.05, 3.63) is 224 Å². The minimum absolute atomic E-state index is 0.694. The van der Waals surface area contributed by atoms with Crippen LogP contribution in [0.5, 0.6) is 0 Å². The molecule has 13 aromatic rings. The van der Waals surface area contributed by atoms with E-state index < -0.39 is 0 Å². The molecule has 0 fully saturated rings. The molecule has 4 heterocycles. The van der Waals surface area contributed by atoms with Crippen LogP contribution >= 0.6 is 0 Å². The number of fused-ring (bicyclic) bond motifs is 10. The molecule has 5 heteroatoms. The maximum absolute atomic E-state index is 5.33. The van der Waals surface area contributed by atoms with Crippen molar-refractivity contribution in [2.75, 3.05) is 0 Å². The zero-order valence-electron chi connectivity index (χ0n) is 34.1. The molecular formula is C58H37N5. The van der Waals surface area contributed by atoms with Crippen LogP contribution in [0.2, 0.25) is 0 Å². The molecule has 9 aromatic carbocycles. The quantitative estimate of drug-likeness (QED) is 0.168. The molecule has 13 rings (SSSR count). The number of benzene rings is 9. The van der Waals surface area contributed by atoms with E-state index in [1.807, 2.05) is 24.3 Å². The Morgan fingerprint density at radius 3 is 1.54 bits per heavy atom. The zero-order chi connectivity index (χ0) is 41.4. The average Bonchev–Trinajstić information content (AvgIpc) is 4.00. The maximum Gasteiger partial charge on any atom is 0.160 e. The lowest BCUT2D eigenvalue weighted by molar-refractivity contribution is 1.15. The second-order valence-corrected chi connectivity index (χ2v) is 16.2. The standard InChI is InChI=1S/C58H37N5/c1-5-18-38(19-6-1)49-37-50(60-58(59-49)39-20-7-2-8-21-39)47-29-17-28-45-44-33-32-42(36-54(44)62(56(45)47)41-24-11-4-12-25-41)63-51-30-15-13-26-43(51)46-34-35-53-55(57(46)63)48-27-14-16-31-52(48)61(53)40-22-9-3-10-23-40/h1-37H. The van der Waals surface area contributed by atoms with Gasteiger partial charge in [-0.05, 0) is 60.7 Å². The minimum Gasteiger partial charge on any atom is -0.309 e. The zero-order valence-corrected chi connectivity index (χ0v) is 34.1. The van der Waals surface area contributed by atoms with E-state index in [1.54, 1.807) is 0 Å². The van der Waals surface area contributed by atoms with E-state index in [0.717, 1.165) is 61.6 Å². The molecule has 294 valence electrons. The first-order valence-electron chi connectivity index (χ1n) is 21.4. The number of aromatic nitrogens is 5. The first kappa shape index (κ1) is 35.2. The summed E-state index contributed by atoms with van der Waals surface area (Å²) in [6.07, 6.45) is 0. The Hall–Kier alpha value is -8.54. The Morgan fingerprint density at radius 2 is 0.810 bits per heavy atom. The number of rotatable bonds is 6. The number of hydrogen-bond donors (Lipinski definition) is 0. The molecule has 5 nitrogen and oxygen atoms in total. The van der Waals surface area contributed by atoms with E-state index in [2.05, 4.69) is 214 Å². The summed E-state index contributed by atoms with van der Waals surface area (Å²) in [5, 5.41) is 7.25. The SMILES string of the molecule is c1ccc(-c2cc(-c3cccc4c5ccc(-n6c7ccccc7c7ccc8c(c9ccccc9n8-c8ccccc8)c76)cc5n(-c5ccccc5)c34)nc(-c3ccccc3)n2)cc1. The van der Waals surface area contributed by atoms with Crippen molar-refractivity contribution in [1.82, 2.24) is 23.7 Å². The van der Waals surface area contributed by atoms with Crippen LogP contribution < -0.4 is 0 Å². The Labute approximate surface area is 363 Å². The monoisotopic (exact) mass is 803 g/mol. The van der Waals surface area contributed by atoms with Crippen LogP contribution in [0, 0.1) is 0 Å². The van der Waals surface area contributed by atoms with E-state index in [9.17, 15) is 0 Å². The normalized spacial score (nSPS) is 11.8. The summed E-state index contributed by atoms with van der Waals surface area (Å²) in [5.74, 6) is 0.694. The minimum atomic E-state index is 0.694. The van der Waals surface area contributed by atoms with Gasteiger partial charge in [0, 0.05) is 66.1 Å². The average molecular weight is 804 g/mol. The second kappa shape index (κ2) is 14.0. The molecule has 0 N–H and O–H groups in total. The van der Waals surface area contributed by atoms with E-state index in [4.69, 9.17) is 9.97 Å². The molecule has 0 saturated heterocycles. The number of para-hydroxylation sites is 5. The molecule has 0 atom stereocenters. The largest absolute Gasteiger partial charge is 0.309 e. The predicted octanol–water partition coefficient (Wildman–Crippen LogP) is 14.8. The third-order valence-electron chi connectivity index (χ3n) is 12.6. The molecule has 0 spiro atoms. The van der Waals surface area contributed by atoms with Crippen LogP contribution in [0.15, 0.2) is 224 Å². The van der Waals surface area contributed by atoms with Crippen molar-refractivity contribution in [2.45, 2.75) is 0 Å². The number of hydrogen-bond acceptors (Lipinski definition) is 2. The fraction of sp³-hybridized carbons (Fsp3) is 0. The highest BCUT2D eigenvalue weighted by Gasteiger charge is 2.23. The van der Waals surface area contributed by atoms with Crippen molar-refractivity contribution in [3.63, 3.8) is 0 Å². The van der Waals surface area contributed by atoms with Gasteiger partial charge in [0.25, 0.3) is 0 Å². The van der Waals surface area contributed by atoms with Crippen LogP contribution in [0.25, 0.3) is 116 Å². The van der Waals surface area contributed by atoms with Gasteiger partial charge in [-0.15, -0.1) is 0 Å². The molecule has 0 aliphatic rings. The van der Waals surface area contributed by atoms with Gasteiger partial charge in [-0.25, -0.2) is 9.97 Å². The van der Waals surface area contributed by atoms with Crippen molar-refractivity contribution in [1.29, 1.82) is 0 Å². The summed E-state index contributed by atoms with van der Waals surface area (Å²) in [7, 11) is 0. The smallest absolute Gasteiger partial charge is 0.160 e. The van der Waals surface area contributed by atoms with Gasteiger partial charge in [-0.2, -0.15) is 0 Å². The molecular weight excluding hydrogens is 767 g/mol. The lowest BCUT2D eigenvalue weighted by Gasteiger charge is -2.14. The van der Waals surface area contributed by atoms with Crippen LogP contribution in [0.3, 0.4) is 0 Å². The van der Waals surface area contributed by atoms with Gasteiger partial charge in [0.15, 0.2) is 5.82 Å². The van der Waals surface area contributed by atoms with Gasteiger partial charge < -0.3 is 13.7 Å². The van der Waals surface area contributed by atoms with Crippen molar-refractivity contribution >= 4 is 65.4 Å². The predicted molar refractivity (Wildman–Crippen MR) is 261 cm³/mol. The van der Waals surface area contributed by atoms with Gasteiger partial charge in [0.1, 0.15) is 0 Å². The highest BCUT2D eigenvalue weighted by Crippen LogP contribution is 2.44. The van der Waals surface area contributed by atoms with Crippen molar-refractivity contribution < 1.29 is 0 Å². The molecule has 0 saturated carbocycles. The van der Waals surface area contributed by atoms with E-state index in [1.165, 1.54) is 49.0 Å². The summed E-state index contributed by atoms with van der Waals surface area (Å²) in [5.41, 5.74) is 15.1. The van der Waals surface area contributed by atoms with Crippen LogP contribution in [0.1, 0.15) is 0 Å². The molecule has 0 radical (unpaired) electrons. The molecule has 0 unspecified atom stereocenters. The third-order valence-corrected chi connectivity index (χ3v) is 12.6. The van der Waals surface area contributed by atoms with E-state index in [-0.39, 0.29) is 0 Å². The number of nitrogens with zero attached hydrogens (tertiary/aromatic N) is 5. The second-order valence-electron chi connectivity index (χ2n) is 16.2.